The molecule has 5 nitrogen and oxygen atoms in total. The zero-order valence-electron chi connectivity index (χ0n) is 8.59. The summed E-state index contributed by atoms with van der Waals surface area (Å²) in [5.74, 6) is 0.635. The molecule has 7 heteroatoms. The second-order valence-corrected chi connectivity index (χ2v) is 6.71. The zero-order valence-corrected chi connectivity index (χ0v) is 10.2. The molecule has 0 spiro atoms. The molecule has 1 N–H and O–H groups in total. The number of hydrogen-bond donors (Lipinski definition) is 1. The van der Waals surface area contributed by atoms with Gasteiger partial charge in [0.15, 0.2) is 0 Å². The first kappa shape index (κ1) is 11.6. The third kappa shape index (κ3) is 2.28. The molecule has 0 bridgehead atoms. The second-order valence-electron chi connectivity index (χ2n) is 4.14. The number of rotatable bonds is 2. The molecular formula is C9H11ClN2O3S. The SMILES string of the molecule is CC1(O)CN(c2ccc(S(=O)(=O)Cl)cn2)C1. The van der Waals surface area contributed by atoms with Crippen LogP contribution in [0, 0.1) is 0 Å². The van der Waals surface area contributed by atoms with E-state index in [1.807, 2.05) is 4.90 Å². The number of hydrogen-bond acceptors (Lipinski definition) is 5. The van der Waals surface area contributed by atoms with Gasteiger partial charge in [-0.05, 0) is 19.1 Å². The van der Waals surface area contributed by atoms with Crippen molar-refractivity contribution in [2.75, 3.05) is 18.0 Å². The summed E-state index contributed by atoms with van der Waals surface area (Å²) in [4.78, 5) is 5.81. The number of anilines is 1. The van der Waals surface area contributed by atoms with E-state index in [-0.39, 0.29) is 4.90 Å². The van der Waals surface area contributed by atoms with Gasteiger partial charge in [0, 0.05) is 30.0 Å². The van der Waals surface area contributed by atoms with Gasteiger partial charge >= 0.3 is 0 Å². The first-order valence-electron chi connectivity index (χ1n) is 4.66. The predicted octanol–water partition coefficient (Wildman–Crippen LogP) is 0.580. The lowest BCUT2D eigenvalue weighted by Gasteiger charge is -2.44. The normalized spacial score (nSPS) is 19.3. The summed E-state index contributed by atoms with van der Waals surface area (Å²) in [6, 6.07) is 2.97. The molecule has 1 fully saturated rings. The van der Waals surface area contributed by atoms with Crippen molar-refractivity contribution in [2.45, 2.75) is 17.4 Å². The van der Waals surface area contributed by atoms with Crippen molar-refractivity contribution in [3.8, 4) is 0 Å². The van der Waals surface area contributed by atoms with Crippen LogP contribution in [0.25, 0.3) is 0 Å². The van der Waals surface area contributed by atoms with Gasteiger partial charge in [0.2, 0.25) is 0 Å². The Hall–Kier alpha value is -0.850. The predicted molar refractivity (Wildman–Crippen MR) is 60.1 cm³/mol. The maximum absolute atomic E-state index is 11.0. The van der Waals surface area contributed by atoms with Gasteiger partial charge in [0.05, 0.1) is 5.60 Å². The Balaban J connectivity index is 2.16. The number of nitrogens with zero attached hydrogens (tertiary/aromatic N) is 2. The number of aliphatic hydroxyl groups is 1. The van der Waals surface area contributed by atoms with E-state index >= 15 is 0 Å². The number of pyridine rings is 1. The summed E-state index contributed by atoms with van der Waals surface area (Å²) in [5.41, 5.74) is -0.682. The van der Waals surface area contributed by atoms with Gasteiger partial charge in [-0.2, -0.15) is 0 Å². The standard InChI is InChI=1S/C9H11ClN2O3S/c1-9(13)5-12(6-9)8-3-2-7(4-11-8)16(10,14)15/h2-4,13H,5-6H2,1H3. The molecule has 0 atom stereocenters. The maximum atomic E-state index is 11.0. The Morgan fingerprint density at radius 3 is 2.50 bits per heavy atom. The van der Waals surface area contributed by atoms with E-state index < -0.39 is 14.7 Å². The molecule has 1 aliphatic heterocycles. The van der Waals surface area contributed by atoms with Gasteiger partial charge in [-0.25, -0.2) is 13.4 Å². The van der Waals surface area contributed by atoms with Crippen LogP contribution in [-0.4, -0.2) is 37.2 Å². The highest BCUT2D eigenvalue weighted by atomic mass is 35.7. The molecule has 0 aromatic carbocycles. The van der Waals surface area contributed by atoms with Crippen LogP contribution in [0.2, 0.25) is 0 Å². The van der Waals surface area contributed by atoms with E-state index in [0.717, 1.165) is 0 Å². The fraction of sp³-hybridized carbons (Fsp3) is 0.444. The Bertz CT molecular complexity index is 490. The summed E-state index contributed by atoms with van der Waals surface area (Å²) in [6.45, 7) is 2.72. The molecule has 1 aromatic heterocycles. The molecule has 2 rings (SSSR count). The minimum Gasteiger partial charge on any atom is -0.386 e. The lowest BCUT2D eigenvalue weighted by Crippen LogP contribution is -2.60. The highest BCUT2D eigenvalue weighted by Crippen LogP contribution is 2.26. The Morgan fingerprint density at radius 1 is 1.50 bits per heavy atom. The van der Waals surface area contributed by atoms with E-state index in [2.05, 4.69) is 4.98 Å². The largest absolute Gasteiger partial charge is 0.386 e. The third-order valence-electron chi connectivity index (χ3n) is 2.39. The summed E-state index contributed by atoms with van der Waals surface area (Å²) >= 11 is 0. The van der Waals surface area contributed by atoms with E-state index in [0.29, 0.717) is 18.9 Å². The van der Waals surface area contributed by atoms with Crippen LogP contribution in [0.15, 0.2) is 23.2 Å². The summed E-state index contributed by atoms with van der Waals surface area (Å²) in [5, 5.41) is 9.54. The van der Waals surface area contributed by atoms with Gasteiger partial charge in [-0.1, -0.05) is 0 Å². The first-order valence-corrected chi connectivity index (χ1v) is 6.97. The summed E-state index contributed by atoms with van der Waals surface area (Å²) in [6.07, 6.45) is 1.21. The van der Waals surface area contributed by atoms with Crippen molar-refractivity contribution in [1.82, 2.24) is 4.98 Å². The van der Waals surface area contributed by atoms with Gasteiger partial charge in [-0.15, -0.1) is 0 Å². The average molecular weight is 263 g/mol. The molecular weight excluding hydrogens is 252 g/mol. The minimum absolute atomic E-state index is 0.0230. The number of halogens is 1. The van der Waals surface area contributed by atoms with Gasteiger partial charge in [0.1, 0.15) is 10.7 Å². The zero-order chi connectivity index (χ0) is 12.0. The van der Waals surface area contributed by atoms with Crippen LogP contribution in [0.1, 0.15) is 6.92 Å². The molecule has 0 radical (unpaired) electrons. The van der Waals surface area contributed by atoms with Crippen LogP contribution in [0.3, 0.4) is 0 Å². The fourth-order valence-electron chi connectivity index (χ4n) is 1.64. The summed E-state index contributed by atoms with van der Waals surface area (Å²) < 4.78 is 21.9. The van der Waals surface area contributed by atoms with Crippen LogP contribution < -0.4 is 4.90 Å². The highest BCUT2D eigenvalue weighted by molar-refractivity contribution is 8.13. The quantitative estimate of drug-likeness (QED) is 0.790. The highest BCUT2D eigenvalue weighted by Gasteiger charge is 2.37. The first-order chi connectivity index (χ1) is 7.28. The molecule has 0 saturated carbocycles. The molecule has 0 aliphatic carbocycles. The van der Waals surface area contributed by atoms with Gasteiger partial charge in [-0.3, -0.25) is 0 Å². The fourth-order valence-corrected chi connectivity index (χ4v) is 2.32. The molecule has 1 aliphatic rings. The van der Waals surface area contributed by atoms with Gasteiger partial charge < -0.3 is 10.0 Å². The van der Waals surface area contributed by atoms with E-state index in [1.165, 1.54) is 12.3 Å². The Labute approximate surface area is 98.1 Å². The van der Waals surface area contributed by atoms with Crippen molar-refractivity contribution in [1.29, 1.82) is 0 Å². The monoisotopic (exact) mass is 262 g/mol. The number of aromatic nitrogens is 1. The van der Waals surface area contributed by atoms with Crippen LogP contribution >= 0.6 is 10.7 Å². The molecule has 0 unspecified atom stereocenters. The van der Waals surface area contributed by atoms with Crippen molar-refractivity contribution >= 4 is 25.6 Å². The lowest BCUT2D eigenvalue weighted by molar-refractivity contribution is 0.0305. The van der Waals surface area contributed by atoms with Crippen molar-refractivity contribution < 1.29 is 13.5 Å². The van der Waals surface area contributed by atoms with Gasteiger partial charge in [0.25, 0.3) is 9.05 Å². The molecule has 1 aromatic rings. The smallest absolute Gasteiger partial charge is 0.262 e. The average Bonchev–Trinajstić information content (AvgIpc) is 2.13. The maximum Gasteiger partial charge on any atom is 0.262 e. The van der Waals surface area contributed by atoms with E-state index in [9.17, 15) is 13.5 Å². The Morgan fingerprint density at radius 2 is 2.12 bits per heavy atom. The third-order valence-corrected chi connectivity index (χ3v) is 3.73. The minimum atomic E-state index is -3.72. The molecule has 2 heterocycles. The number of β-amino-alcohol motifs (C(OH)–C–C–N with tert-alkyl or cyclic N) is 1. The van der Waals surface area contributed by atoms with Crippen molar-refractivity contribution in [3.63, 3.8) is 0 Å². The topological polar surface area (TPSA) is 70.5 Å². The second kappa shape index (κ2) is 3.58. The summed E-state index contributed by atoms with van der Waals surface area (Å²) in [7, 11) is 1.45. The molecule has 16 heavy (non-hydrogen) atoms. The lowest BCUT2D eigenvalue weighted by atomic mass is 9.97. The van der Waals surface area contributed by atoms with Crippen molar-refractivity contribution in [2.24, 2.45) is 0 Å². The molecule has 88 valence electrons. The molecule has 1 saturated heterocycles. The van der Waals surface area contributed by atoms with E-state index in [4.69, 9.17) is 10.7 Å². The Kier molecular flexibility index (Phi) is 2.60. The van der Waals surface area contributed by atoms with Crippen molar-refractivity contribution in [3.05, 3.63) is 18.3 Å². The molecule has 0 amide bonds. The van der Waals surface area contributed by atoms with Crippen LogP contribution in [0.5, 0.6) is 0 Å². The van der Waals surface area contributed by atoms with E-state index in [1.54, 1.807) is 13.0 Å². The van der Waals surface area contributed by atoms with Crippen LogP contribution in [-0.2, 0) is 9.05 Å². The van der Waals surface area contributed by atoms with Crippen LogP contribution in [0.4, 0.5) is 5.82 Å².